The number of nitrogens with one attached hydrogen (secondary N) is 2. The van der Waals surface area contributed by atoms with Crippen molar-refractivity contribution in [1.82, 2.24) is 9.71 Å². The molecule has 0 amide bonds. The highest BCUT2D eigenvalue weighted by atomic mass is 32.2. The lowest BCUT2D eigenvalue weighted by atomic mass is 10.1. The molecule has 2 rings (SSSR count). The number of sulfonamides is 1. The second-order valence-corrected chi connectivity index (χ2v) is 7.73. The Bertz CT molecular complexity index is 825. The highest BCUT2D eigenvalue weighted by Gasteiger charge is 2.13. The molecular formula is C17H24N2O3S. The van der Waals surface area contributed by atoms with E-state index in [1.165, 1.54) is 0 Å². The average Bonchev–Trinajstić information content (AvgIpc) is 2.54. The molecule has 2 aromatic rings. The molecule has 2 N–H and O–H groups in total. The van der Waals surface area contributed by atoms with E-state index in [1.807, 2.05) is 18.2 Å². The summed E-state index contributed by atoms with van der Waals surface area (Å²) in [6.45, 7) is 3.92. The van der Waals surface area contributed by atoms with Gasteiger partial charge in [-0.2, -0.15) is 0 Å². The molecule has 0 saturated heterocycles. The molecule has 0 unspecified atom stereocenters. The zero-order valence-electron chi connectivity index (χ0n) is 13.7. The average molecular weight is 336 g/mol. The number of pyridine rings is 1. The Morgan fingerprint density at radius 3 is 2.61 bits per heavy atom. The number of unbranched alkanes of at least 4 members (excludes halogenated alkanes) is 3. The Hall–Kier alpha value is -1.66. The van der Waals surface area contributed by atoms with E-state index in [-0.39, 0.29) is 17.7 Å². The lowest BCUT2D eigenvalue weighted by Gasteiger charge is -2.10. The number of fused-ring (bicyclic) bond motifs is 1. The summed E-state index contributed by atoms with van der Waals surface area (Å²) in [6, 6.07) is 7.24. The van der Waals surface area contributed by atoms with Crippen LogP contribution in [0.2, 0.25) is 0 Å². The van der Waals surface area contributed by atoms with Crippen LogP contribution in [0.15, 0.2) is 29.1 Å². The maximum Gasteiger partial charge on any atom is 0.211 e. The Morgan fingerprint density at radius 2 is 1.87 bits per heavy atom. The van der Waals surface area contributed by atoms with Gasteiger partial charge >= 0.3 is 0 Å². The van der Waals surface area contributed by atoms with Crippen molar-refractivity contribution in [2.75, 3.05) is 5.75 Å². The van der Waals surface area contributed by atoms with Crippen LogP contribution >= 0.6 is 0 Å². The van der Waals surface area contributed by atoms with Crippen LogP contribution in [0.3, 0.4) is 0 Å². The van der Waals surface area contributed by atoms with Crippen molar-refractivity contribution in [2.45, 2.75) is 46.1 Å². The van der Waals surface area contributed by atoms with Crippen LogP contribution in [0, 0.1) is 6.92 Å². The van der Waals surface area contributed by atoms with Crippen molar-refractivity contribution in [3.63, 3.8) is 0 Å². The molecule has 0 atom stereocenters. The van der Waals surface area contributed by atoms with Gasteiger partial charge in [0, 0.05) is 22.2 Å². The fraction of sp³-hybridized carbons (Fsp3) is 0.471. The van der Waals surface area contributed by atoms with Crippen LogP contribution in [0.4, 0.5) is 0 Å². The van der Waals surface area contributed by atoms with Crippen LogP contribution < -0.4 is 10.2 Å². The number of aromatic amines is 1. The van der Waals surface area contributed by atoms with E-state index in [2.05, 4.69) is 16.6 Å². The molecule has 126 valence electrons. The summed E-state index contributed by atoms with van der Waals surface area (Å²) in [5, 5.41) is 0.621. The molecule has 1 aromatic heterocycles. The van der Waals surface area contributed by atoms with Gasteiger partial charge in [0.05, 0.1) is 12.3 Å². The maximum atomic E-state index is 12.3. The van der Waals surface area contributed by atoms with Gasteiger partial charge in [0.15, 0.2) is 5.43 Å². The first-order chi connectivity index (χ1) is 10.9. The molecule has 6 heteroatoms. The van der Waals surface area contributed by atoms with E-state index >= 15 is 0 Å². The summed E-state index contributed by atoms with van der Waals surface area (Å²) in [5.74, 6) is 0.129. The molecular weight excluding hydrogens is 312 g/mol. The third-order valence-electron chi connectivity index (χ3n) is 3.99. The van der Waals surface area contributed by atoms with E-state index in [4.69, 9.17) is 0 Å². The van der Waals surface area contributed by atoms with Gasteiger partial charge in [-0.1, -0.05) is 38.3 Å². The minimum absolute atomic E-state index is 0.0588. The van der Waals surface area contributed by atoms with Gasteiger partial charge in [-0.05, 0) is 25.5 Å². The van der Waals surface area contributed by atoms with Crippen molar-refractivity contribution in [3.05, 3.63) is 45.7 Å². The zero-order valence-corrected chi connectivity index (χ0v) is 14.5. The van der Waals surface area contributed by atoms with Gasteiger partial charge in [-0.25, -0.2) is 13.1 Å². The van der Waals surface area contributed by atoms with Crippen molar-refractivity contribution in [1.29, 1.82) is 0 Å². The highest BCUT2D eigenvalue weighted by Crippen LogP contribution is 2.11. The predicted octanol–water partition coefficient (Wildman–Crippen LogP) is 2.84. The predicted molar refractivity (Wildman–Crippen MR) is 94.1 cm³/mol. The lowest BCUT2D eigenvalue weighted by Crippen LogP contribution is -2.27. The van der Waals surface area contributed by atoms with Crippen LogP contribution in [0.25, 0.3) is 10.9 Å². The Kier molecular flexibility index (Phi) is 5.96. The first kappa shape index (κ1) is 17.7. The maximum absolute atomic E-state index is 12.3. The molecule has 1 heterocycles. The summed E-state index contributed by atoms with van der Waals surface area (Å²) in [4.78, 5) is 15.5. The number of para-hydroxylation sites is 1. The van der Waals surface area contributed by atoms with E-state index in [9.17, 15) is 13.2 Å². The van der Waals surface area contributed by atoms with Crippen molar-refractivity contribution < 1.29 is 8.42 Å². The number of aromatic nitrogens is 1. The van der Waals surface area contributed by atoms with Crippen LogP contribution in [-0.4, -0.2) is 19.2 Å². The molecule has 0 fully saturated rings. The van der Waals surface area contributed by atoms with E-state index in [0.29, 0.717) is 23.1 Å². The van der Waals surface area contributed by atoms with Crippen LogP contribution in [0.5, 0.6) is 0 Å². The van der Waals surface area contributed by atoms with Gasteiger partial charge in [0.25, 0.3) is 0 Å². The molecule has 1 aromatic carbocycles. The molecule has 0 radical (unpaired) electrons. The second kappa shape index (κ2) is 7.75. The normalized spacial score (nSPS) is 11.9. The van der Waals surface area contributed by atoms with Crippen molar-refractivity contribution in [3.8, 4) is 0 Å². The molecule has 0 spiro atoms. The molecule has 0 aliphatic rings. The van der Waals surface area contributed by atoms with E-state index < -0.39 is 10.0 Å². The van der Waals surface area contributed by atoms with Gasteiger partial charge in [0.1, 0.15) is 0 Å². The van der Waals surface area contributed by atoms with Crippen LogP contribution in [-0.2, 0) is 16.6 Å². The summed E-state index contributed by atoms with van der Waals surface area (Å²) in [5.41, 5.74) is 1.83. The Balaban J connectivity index is 2.10. The van der Waals surface area contributed by atoms with Gasteiger partial charge in [-0.15, -0.1) is 0 Å². The first-order valence-electron chi connectivity index (χ1n) is 8.02. The van der Waals surface area contributed by atoms with Crippen molar-refractivity contribution >= 4 is 20.9 Å². The lowest BCUT2D eigenvalue weighted by molar-refractivity contribution is 0.573. The SMILES string of the molecule is CCCCCCS(=O)(=O)NCc1[nH]c2ccccc2c(=O)c1C. The Morgan fingerprint density at radius 1 is 1.13 bits per heavy atom. The number of H-pyrrole nitrogens is 1. The summed E-state index contributed by atoms with van der Waals surface area (Å²) in [6.07, 6.45) is 3.71. The molecule has 5 nitrogen and oxygen atoms in total. The number of benzene rings is 1. The van der Waals surface area contributed by atoms with Crippen LogP contribution in [0.1, 0.15) is 43.9 Å². The third-order valence-corrected chi connectivity index (χ3v) is 5.40. The smallest absolute Gasteiger partial charge is 0.211 e. The number of hydrogen-bond donors (Lipinski definition) is 2. The summed E-state index contributed by atoms with van der Waals surface area (Å²) < 4.78 is 26.6. The number of hydrogen-bond acceptors (Lipinski definition) is 3. The minimum Gasteiger partial charge on any atom is -0.357 e. The second-order valence-electron chi connectivity index (χ2n) is 5.80. The molecule has 0 bridgehead atoms. The Labute approximate surface area is 137 Å². The van der Waals surface area contributed by atoms with Gasteiger partial charge in [0.2, 0.25) is 10.0 Å². The largest absolute Gasteiger partial charge is 0.357 e. The highest BCUT2D eigenvalue weighted by molar-refractivity contribution is 7.89. The van der Waals surface area contributed by atoms with Gasteiger partial charge < -0.3 is 4.98 Å². The summed E-state index contributed by atoms with van der Waals surface area (Å²) in [7, 11) is -3.32. The minimum atomic E-state index is -3.32. The first-order valence-corrected chi connectivity index (χ1v) is 9.67. The van der Waals surface area contributed by atoms with E-state index in [0.717, 1.165) is 24.8 Å². The standard InChI is InChI=1S/C17H24N2O3S/c1-3-4-5-8-11-23(21,22)18-12-16-13(2)17(20)14-9-6-7-10-15(14)19-16/h6-7,9-10,18H,3-5,8,11-12H2,1-2H3,(H,19,20). The third kappa shape index (κ3) is 4.65. The fourth-order valence-electron chi connectivity index (χ4n) is 2.54. The van der Waals surface area contributed by atoms with E-state index in [1.54, 1.807) is 13.0 Å². The monoisotopic (exact) mass is 336 g/mol. The summed E-state index contributed by atoms with van der Waals surface area (Å²) >= 11 is 0. The fourth-order valence-corrected chi connectivity index (χ4v) is 3.63. The topological polar surface area (TPSA) is 79.0 Å². The van der Waals surface area contributed by atoms with Crippen molar-refractivity contribution in [2.24, 2.45) is 0 Å². The van der Waals surface area contributed by atoms with Gasteiger partial charge in [-0.3, -0.25) is 4.79 Å². The quantitative estimate of drug-likeness (QED) is 0.728. The molecule has 0 aliphatic heterocycles. The zero-order chi connectivity index (χ0) is 16.9. The number of rotatable bonds is 8. The molecule has 23 heavy (non-hydrogen) atoms. The molecule has 0 aliphatic carbocycles. The molecule has 0 saturated carbocycles.